The highest BCUT2D eigenvalue weighted by Crippen LogP contribution is 2.28. The Morgan fingerprint density at radius 2 is 2.15 bits per heavy atom. The van der Waals surface area contributed by atoms with Crippen LogP contribution in [0.4, 0.5) is 11.6 Å². The molecule has 3 rings (SSSR count). The van der Waals surface area contributed by atoms with E-state index in [1.807, 2.05) is 6.07 Å². The molecule has 2 aliphatic heterocycles. The number of aromatic nitrogens is 2. The van der Waals surface area contributed by atoms with E-state index in [4.69, 9.17) is 0 Å². The summed E-state index contributed by atoms with van der Waals surface area (Å²) in [6, 6.07) is 3.38. The Kier molecular flexibility index (Phi) is 4.35. The molecule has 3 heterocycles. The fourth-order valence-corrected chi connectivity index (χ4v) is 3.35. The Bertz CT molecular complexity index is 436. The van der Waals surface area contributed by atoms with Crippen molar-refractivity contribution in [2.75, 3.05) is 30.3 Å². The molecule has 1 aromatic rings. The Morgan fingerprint density at radius 1 is 1.25 bits per heavy atom. The van der Waals surface area contributed by atoms with Crippen molar-refractivity contribution in [3.63, 3.8) is 0 Å². The van der Waals surface area contributed by atoms with Gasteiger partial charge in [0, 0.05) is 31.2 Å². The maximum atomic E-state index is 4.35. The van der Waals surface area contributed by atoms with Gasteiger partial charge in [-0.05, 0) is 38.6 Å². The van der Waals surface area contributed by atoms with Gasteiger partial charge in [0.05, 0.1) is 0 Å². The topological polar surface area (TPSA) is 53.1 Å². The number of hydrogen-bond acceptors (Lipinski definition) is 5. The molecule has 2 atom stereocenters. The van der Waals surface area contributed by atoms with Crippen molar-refractivity contribution in [2.24, 2.45) is 0 Å². The average Bonchev–Trinajstić information content (AvgIpc) is 2.93. The number of nitrogens with one attached hydrogen (secondary N) is 2. The van der Waals surface area contributed by atoms with Gasteiger partial charge < -0.3 is 15.5 Å². The van der Waals surface area contributed by atoms with Crippen molar-refractivity contribution in [3.8, 4) is 0 Å². The van der Waals surface area contributed by atoms with Gasteiger partial charge in [0.15, 0.2) is 0 Å². The van der Waals surface area contributed by atoms with Crippen LogP contribution >= 0.6 is 0 Å². The Hall–Kier alpha value is -1.36. The molecular formula is C15H25N5. The molecule has 2 aliphatic rings. The summed E-state index contributed by atoms with van der Waals surface area (Å²) in [4.78, 5) is 11.2. The van der Waals surface area contributed by atoms with Gasteiger partial charge in [-0.1, -0.05) is 6.92 Å². The third-order valence-corrected chi connectivity index (χ3v) is 4.40. The third-order valence-electron chi connectivity index (χ3n) is 4.40. The van der Waals surface area contributed by atoms with Crippen LogP contribution in [0.5, 0.6) is 0 Å². The molecule has 5 nitrogen and oxygen atoms in total. The zero-order valence-electron chi connectivity index (χ0n) is 12.3. The minimum Gasteiger partial charge on any atom is -0.370 e. The smallest absolute Gasteiger partial charge is 0.131 e. The van der Waals surface area contributed by atoms with Crippen molar-refractivity contribution in [1.29, 1.82) is 0 Å². The Morgan fingerprint density at radius 3 is 3.05 bits per heavy atom. The molecular weight excluding hydrogens is 250 g/mol. The molecule has 0 amide bonds. The van der Waals surface area contributed by atoms with E-state index < -0.39 is 0 Å². The highest BCUT2D eigenvalue weighted by atomic mass is 15.2. The number of anilines is 2. The summed E-state index contributed by atoms with van der Waals surface area (Å²) < 4.78 is 0. The molecule has 0 aliphatic carbocycles. The lowest BCUT2D eigenvalue weighted by atomic mass is 9.97. The second kappa shape index (κ2) is 6.39. The average molecular weight is 275 g/mol. The van der Waals surface area contributed by atoms with Crippen molar-refractivity contribution < 1.29 is 0 Å². The predicted octanol–water partition coefficient (Wildman–Crippen LogP) is 2.34. The summed E-state index contributed by atoms with van der Waals surface area (Å²) in [5.41, 5.74) is 0. The minimum atomic E-state index is 0.559. The fourth-order valence-electron chi connectivity index (χ4n) is 3.35. The minimum absolute atomic E-state index is 0.559. The van der Waals surface area contributed by atoms with Gasteiger partial charge in [-0.25, -0.2) is 9.97 Å². The van der Waals surface area contributed by atoms with Gasteiger partial charge >= 0.3 is 0 Å². The molecule has 110 valence electrons. The third kappa shape index (κ3) is 3.20. The summed E-state index contributed by atoms with van der Waals surface area (Å²) in [7, 11) is 0. The normalized spacial score (nSPS) is 26.2. The zero-order valence-corrected chi connectivity index (χ0v) is 12.3. The zero-order chi connectivity index (χ0) is 13.8. The first-order valence-corrected chi connectivity index (χ1v) is 7.91. The summed E-state index contributed by atoms with van der Waals surface area (Å²) in [5.74, 6) is 1.87. The van der Waals surface area contributed by atoms with Crippen LogP contribution in [0.2, 0.25) is 0 Å². The highest BCUT2D eigenvalue weighted by molar-refractivity contribution is 5.47. The SMILES string of the molecule is CCCNc1cc(NC2CCN3CCCC3C2)ncn1. The second-order valence-corrected chi connectivity index (χ2v) is 5.91. The van der Waals surface area contributed by atoms with Crippen LogP contribution in [0.25, 0.3) is 0 Å². The molecule has 2 N–H and O–H groups in total. The van der Waals surface area contributed by atoms with E-state index in [0.29, 0.717) is 6.04 Å². The van der Waals surface area contributed by atoms with E-state index in [2.05, 4.69) is 32.4 Å². The van der Waals surface area contributed by atoms with Crippen molar-refractivity contribution in [2.45, 2.75) is 51.1 Å². The van der Waals surface area contributed by atoms with E-state index in [1.165, 1.54) is 38.8 Å². The number of hydrogen-bond donors (Lipinski definition) is 2. The summed E-state index contributed by atoms with van der Waals surface area (Å²) in [5, 5.41) is 6.90. The summed E-state index contributed by atoms with van der Waals surface area (Å²) >= 11 is 0. The molecule has 0 bridgehead atoms. The van der Waals surface area contributed by atoms with Crippen molar-refractivity contribution in [3.05, 3.63) is 12.4 Å². The van der Waals surface area contributed by atoms with Crippen LogP contribution in [0.1, 0.15) is 39.0 Å². The maximum absolute atomic E-state index is 4.35. The molecule has 1 aromatic heterocycles. The molecule has 2 fully saturated rings. The standard InChI is InChI=1S/C15H25N5/c1-2-6-16-14-10-15(18-11-17-14)19-12-5-8-20-7-3-4-13(20)9-12/h10-13H,2-9H2,1H3,(H2,16,17,18,19). The fraction of sp³-hybridized carbons (Fsp3) is 0.733. The first kappa shape index (κ1) is 13.6. The first-order chi connectivity index (χ1) is 9.85. The lowest BCUT2D eigenvalue weighted by Gasteiger charge is -2.35. The monoisotopic (exact) mass is 275 g/mol. The second-order valence-electron chi connectivity index (χ2n) is 5.91. The van der Waals surface area contributed by atoms with Gasteiger partial charge in [-0.3, -0.25) is 0 Å². The number of piperidine rings is 1. The molecule has 0 aromatic carbocycles. The summed E-state index contributed by atoms with van der Waals surface area (Å²) in [6.45, 7) is 5.64. The molecule has 20 heavy (non-hydrogen) atoms. The highest BCUT2D eigenvalue weighted by Gasteiger charge is 2.31. The van der Waals surface area contributed by atoms with Crippen LogP contribution < -0.4 is 10.6 Å². The van der Waals surface area contributed by atoms with E-state index >= 15 is 0 Å². The van der Waals surface area contributed by atoms with Crippen LogP contribution in [-0.4, -0.2) is 46.6 Å². The van der Waals surface area contributed by atoms with Gasteiger partial charge in [0.2, 0.25) is 0 Å². The molecule has 5 heteroatoms. The quantitative estimate of drug-likeness (QED) is 0.864. The van der Waals surface area contributed by atoms with Crippen LogP contribution in [-0.2, 0) is 0 Å². The lowest BCUT2D eigenvalue weighted by molar-refractivity contribution is 0.188. The lowest BCUT2D eigenvalue weighted by Crippen LogP contribution is -2.42. The summed E-state index contributed by atoms with van der Waals surface area (Å²) in [6.07, 6.45) is 7.96. The van der Waals surface area contributed by atoms with Crippen LogP contribution in [0, 0.1) is 0 Å². The van der Waals surface area contributed by atoms with Crippen LogP contribution in [0.15, 0.2) is 12.4 Å². The Balaban J connectivity index is 1.57. The van der Waals surface area contributed by atoms with Gasteiger partial charge in [-0.15, -0.1) is 0 Å². The molecule has 2 saturated heterocycles. The Labute approximate surface area is 121 Å². The number of fused-ring (bicyclic) bond motifs is 1. The molecule has 0 radical (unpaired) electrons. The van der Waals surface area contributed by atoms with E-state index in [1.54, 1.807) is 6.33 Å². The van der Waals surface area contributed by atoms with E-state index in [0.717, 1.165) is 30.6 Å². The molecule has 0 saturated carbocycles. The number of rotatable bonds is 5. The molecule has 0 spiro atoms. The van der Waals surface area contributed by atoms with Gasteiger partial charge in [0.25, 0.3) is 0 Å². The predicted molar refractivity (Wildman–Crippen MR) is 82.1 cm³/mol. The number of nitrogens with zero attached hydrogens (tertiary/aromatic N) is 3. The first-order valence-electron chi connectivity index (χ1n) is 7.91. The largest absolute Gasteiger partial charge is 0.370 e. The van der Waals surface area contributed by atoms with E-state index in [9.17, 15) is 0 Å². The van der Waals surface area contributed by atoms with E-state index in [-0.39, 0.29) is 0 Å². The van der Waals surface area contributed by atoms with Crippen LogP contribution in [0.3, 0.4) is 0 Å². The maximum Gasteiger partial charge on any atom is 0.131 e. The molecule has 2 unspecified atom stereocenters. The van der Waals surface area contributed by atoms with Gasteiger partial charge in [0.1, 0.15) is 18.0 Å². The van der Waals surface area contributed by atoms with Crippen molar-refractivity contribution in [1.82, 2.24) is 14.9 Å². The van der Waals surface area contributed by atoms with Crippen molar-refractivity contribution >= 4 is 11.6 Å². The van der Waals surface area contributed by atoms with Gasteiger partial charge in [-0.2, -0.15) is 0 Å².